The number of rotatable bonds is 3. The lowest BCUT2D eigenvalue weighted by atomic mass is 10.2. The Hall–Kier alpha value is -1.64. The Balaban J connectivity index is 2.86. The number of hydrogen-bond acceptors (Lipinski definition) is 2. The number of hydrogen-bond donors (Lipinski definition) is 0. The monoisotopic (exact) mass is 192 g/mol. The van der Waals surface area contributed by atoms with Crippen LogP contribution in [0.3, 0.4) is 0 Å². The van der Waals surface area contributed by atoms with E-state index in [0.717, 1.165) is 5.75 Å². The van der Waals surface area contributed by atoms with Crippen molar-refractivity contribution in [3.63, 3.8) is 0 Å². The Kier molecular flexibility index (Phi) is 3.40. The van der Waals surface area contributed by atoms with E-state index in [2.05, 4.69) is 0 Å². The zero-order chi connectivity index (χ0) is 10.6. The fourth-order valence-electron chi connectivity index (χ4n) is 1.06. The first kappa shape index (κ1) is 10.4. The summed E-state index contributed by atoms with van der Waals surface area (Å²) in [5.74, 6) is 0.754. The van der Waals surface area contributed by atoms with Crippen molar-refractivity contribution in [1.82, 2.24) is 4.90 Å². The van der Waals surface area contributed by atoms with Crippen molar-refractivity contribution in [3.05, 3.63) is 36.0 Å². The minimum Gasteiger partial charge on any atom is -0.497 e. The summed E-state index contributed by atoms with van der Waals surface area (Å²) in [6.07, 6.45) is 1.54. The molecule has 3 nitrogen and oxygen atoms in total. The van der Waals surface area contributed by atoms with E-state index >= 15 is 0 Å². The molecule has 0 aliphatic carbocycles. The molecule has 14 heavy (non-hydrogen) atoms. The lowest BCUT2D eigenvalue weighted by molar-refractivity contribution is 0.376. The highest BCUT2D eigenvalue weighted by molar-refractivity contribution is 5.58. The molecule has 1 aromatic carbocycles. The molecule has 1 radical (unpaired) electrons. The topological polar surface area (TPSA) is 32.4 Å². The molecular formula is C11H14NO2. The fraction of sp³-hybridized carbons (Fsp3) is 0.273. The Bertz CT molecular complexity index is 315. The van der Waals surface area contributed by atoms with Crippen molar-refractivity contribution >= 4 is 5.76 Å². The van der Waals surface area contributed by atoms with Gasteiger partial charge in [0.05, 0.1) is 7.11 Å². The second-order valence-electron chi connectivity index (χ2n) is 3.19. The van der Waals surface area contributed by atoms with Gasteiger partial charge in [0.2, 0.25) is 5.76 Å². The molecule has 0 atom stereocenters. The van der Waals surface area contributed by atoms with E-state index in [1.54, 1.807) is 42.5 Å². The maximum absolute atomic E-state index is 11.5. The van der Waals surface area contributed by atoms with E-state index in [9.17, 15) is 5.11 Å². The van der Waals surface area contributed by atoms with Crippen LogP contribution in [0.15, 0.2) is 30.5 Å². The fourth-order valence-corrected chi connectivity index (χ4v) is 1.06. The van der Waals surface area contributed by atoms with Crippen LogP contribution in [-0.4, -0.2) is 26.1 Å². The van der Waals surface area contributed by atoms with Crippen LogP contribution < -0.4 is 4.74 Å². The maximum atomic E-state index is 11.5. The molecule has 0 aliphatic heterocycles. The molecule has 0 aromatic heterocycles. The highest BCUT2D eigenvalue weighted by Crippen LogP contribution is 2.16. The third-order valence-corrected chi connectivity index (χ3v) is 1.75. The summed E-state index contributed by atoms with van der Waals surface area (Å²) in [7, 11) is 5.24. The molecule has 0 unspecified atom stereocenters. The Morgan fingerprint density at radius 2 is 1.86 bits per heavy atom. The minimum atomic E-state index is -0.00217. The van der Waals surface area contributed by atoms with Gasteiger partial charge in [-0.1, -0.05) is 0 Å². The van der Waals surface area contributed by atoms with Crippen LogP contribution in [0.25, 0.3) is 5.76 Å². The summed E-state index contributed by atoms with van der Waals surface area (Å²) in [4.78, 5) is 1.73. The highest BCUT2D eigenvalue weighted by atomic mass is 16.5. The molecule has 0 saturated carbocycles. The van der Waals surface area contributed by atoms with Gasteiger partial charge in [-0.3, -0.25) is 5.11 Å². The molecule has 0 heterocycles. The Morgan fingerprint density at radius 3 is 2.29 bits per heavy atom. The van der Waals surface area contributed by atoms with Crippen molar-refractivity contribution in [2.75, 3.05) is 21.2 Å². The van der Waals surface area contributed by atoms with Gasteiger partial charge < -0.3 is 9.64 Å². The van der Waals surface area contributed by atoms with E-state index in [4.69, 9.17) is 4.74 Å². The first-order valence-electron chi connectivity index (χ1n) is 4.33. The molecule has 0 saturated heterocycles. The quantitative estimate of drug-likeness (QED) is 0.686. The third kappa shape index (κ3) is 2.69. The van der Waals surface area contributed by atoms with Gasteiger partial charge >= 0.3 is 0 Å². The normalized spacial score (nSPS) is 11.2. The number of methoxy groups -OCH3 is 1. The summed E-state index contributed by atoms with van der Waals surface area (Å²) < 4.78 is 5.00. The predicted molar refractivity (Wildman–Crippen MR) is 55.3 cm³/mol. The van der Waals surface area contributed by atoms with Gasteiger partial charge in [-0.15, -0.1) is 0 Å². The van der Waals surface area contributed by atoms with E-state index in [-0.39, 0.29) is 5.76 Å². The average Bonchev–Trinajstić information content (AvgIpc) is 2.17. The van der Waals surface area contributed by atoms with Gasteiger partial charge in [0.1, 0.15) is 5.75 Å². The molecule has 0 N–H and O–H groups in total. The van der Waals surface area contributed by atoms with Crippen molar-refractivity contribution < 1.29 is 9.84 Å². The van der Waals surface area contributed by atoms with E-state index in [1.165, 1.54) is 0 Å². The van der Waals surface area contributed by atoms with Crippen LogP contribution in [0, 0.1) is 0 Å². The van der Waals surface area contributed by atoms with Crippen molar-refractivity contribution in [2.24, 2.45) is 0 Å². The second-order valence-corrected chi connectivity index (χ2v) is 3.19. The number of ether oxygens (including phenoxy) is 1. The highest BCUT2D eigenvalue weighted by Gasteiger charge is 2.01. The van der Waals surface area contributed by atoms with E-state index in [0.29, 0.717) is 5.56 Å². The summed E-state index contributed by atoms with van der Waals surface area (Å²) in [6, 6.07) is 7.05. The van der Waals surface area contributed by atoms with Gasteiger partial charge in [-0.25, -0.2) is 0 Å². The molecule has 0 bridgehead atoms. The van der Waals surface area contributed by atoms with Crippen LogP contribution in [0.4, 0.5) is 0 Å². The van der Waals surface area contributed by atoms with Gasteiger partial charge in [-0.2, -0.15) is 0 Å². The average molecular weight is 192 g/mol. The lowest BCUT2D eigenvalue weighted by Crippen LogP contribution is -2.02. The van der Waals surface area contributed by atoms with Gasteiger partial charge in [0.25, 0.3) is 0 Å². The molecule has 75 valence electrons. The standard InChI is InChI=1S/C11H14NO2/c1-12(2)8-11(13)9-4-6-10(14-3)7-5-9/h4-8H,1-3H3. The largest absolute Gasteiger partial charge is 0.497 e. The summed E-state index contributed by atoms with van der Waals surface area (Å²) in [6.45, 7) is 0. The molecule has 0 aliphatic rings. The van der Waals surface area contributed by atoms with E-state index < -0.39 is 0 Å². The van der Waals surface area contributed by atoms with Crippen molar-refractivity contribution in [2.45, 2.75) is 0 Å². The SMILES string of the molecule is COc1ccc(C([O])=CN(C)C)cc1. The molecule has 0 spiro atoms. The molecular weight excluding hydrogens is 178 g/mol. The Morgan fingerprint density at radius 1 is 1.29 bits per heavy atom. The van der Waals surface area contributed by atoms with Crippen LogP contribution in [-0.2, 0) is 5.11 Å². The first-order valence-corrected chi connectivity index (χ1v) is 4.33. The second kappa shape index (κ2) is 4.56. The summed E-state index contributed by atoms with van der Waals surface area (Å²) >= 11 is 0. The molecule has 1 aromatic rings. The van der Waals surface area contributed by atoms with Crippen LogP contribution >= 0.6 is 0 Å². The third-order valence-electron chi connectivity index (χ3n) is 1.75. The zero-order valence-electron chi connectivity index (χ0n) is 8.65. The molecule has 0 amide bonds. The van der Waals surface area contributed by atoms with E-state index in [1.807, 2.05) is 14.1 Å². The summed E-state index contributed by atoms with van der Waals surface area (Å²) in [5, 5.41) is 11.5. The Labute approximate surface area is 84.2 Å². The number of nitrogens with zero attached hydrogens (tertiary/aromatic N) is 1. The minimum absolute atomic E-state index is 0.00217. The molecule has 3 heteroatoms. The van der Waals surface area contributed by atoms with Crippen LogP contribution in [0.5, 0.6) is 5.75 Å². The van der Waals surface area contributed by atoms with Crippen molar-refractivity contribution in [1.29, 1.82) is 0 Å². The lowest BCUT2D eigenvalue weighted by Gasteiger charge is -2.05. The number of benzene rings is 1. The zero-order valence-corrected chi connectivity index (χ0v) is 8.65. The van der Waals surface area contributed by atoms with Crippen LogP contribution in [0.1, 0.15) is 5.56 Å². The van der Waals surface area contributed by atoms with Gasteiger partial charge in [0.15, 0.2) is 0 Å². The molecule has 1 rings (SSSR count). The first-order chi connectivity index (χ1) is 6.63. The maximum Gasteiger partial charge on any atom is 0.201 e. The van der Waals surface area contributed by atoms with Gasteiger partial charge in [-0.05, 0) is 24.3 Å². The predicted octanol–water partition coefficient (Wildman–Crippen LogP) is 1.99. The van der Waals surface area contributed by atoms with Crippen molar-refractivity contribution in [3.8, 4) is 5.75 Å². The summed E-state index contributed by atoms with van der Waals surface area (Å²) in [5.41, 5.74) is 0.666. The molecule has 0 fully saturated rings. The van der Waals surface area contributed by atoms with Gasteiger partial charge in [0, 0.05) is 25.9 Å². The smallest absolute Gasteiger partial charge is 0.201 e. The van der Waals surface area contributed by atoms with Crippen LogP contribution in [0.2, 0.25) is 0 Å².